The van der Waals surface area contributed by atoms with E-state index >= 15 is 0 Å². The zero-order chi connectivity index (χ0) is 22.0. The number of hydrogen-bond acceptors (Lipinski definition) is 3. The second-order valence-electron chi connectivity index (χ2n) is 8.91. The highest BCUT2D eigenvalue weighted by Crippen LogP contribution is 2.38. The molecule has 0 radical (unpaired) electrons. The van der Waals surface area contributed by atoms with Crippen molar-refractivity contribution in [1.82, 2.24) is 10.2 Å². The van der Waals surface area contributed by atoms with E-state index in [2.05, 4.69) is 24.1 Å². The van der Waals surface area contributed by atoms with Crippen molar-refractivity contribution in [3.05, 3.63) is 54.1 Å². The van der Waals surface area contributed by atoms with Gasteiger partial charge in [-0.2, -0.15) is 0 Å². The van der Waals surface area contributed by atoms with Gasteiger partial charge in [0.25, 0.3) is 0 Å². The van der Waals surface area contributed by atoms with E-state index < -0.39 is 0 Å². The Bertz CT molecular complexity index is 918. The third-order valence-corrected chi connectivity index (χ3v) is 5.99. The van der Waals surface area contributed by atoms with Crippen LogP contribution in [0.2, 0.25) is 0 Å². The number of nitrogens with one attached hydrogen (secondary N) is 1. The van der Waals surface area contributed by atoms with E-state index in [1.54, 1.807) is 23.1 Å². The Kier molecular flexibility index (Phi) is 6.41. The standard InChI is InChI=1S/C24H30F2N4O/c1-17(2)15-28-10-9-18(16-28)14-27-24(31)30-12-11-29(21-6-3-19(25)4-7-21)23-13-20(26)5-8-22(23)30/h3-8,13,17-18H,9-12,14-16H2,1-2H3,(H,27,31). The Morgan fingerprint density at radius 1 is 1.03 bits per heavy atom. The van der Waals surface area contributed by atoms with Gasteiger partial charge in [-0.3, -0.25) is 4.90 Å². The van der Waals surface area contributed by atoms with Crippen LogP contribution >= 0.6 is 0 Å². The molecule has 166 valence electrons. The van der Waals surface area contributed by atoms with Crippen LogP contribution in [0.1, 0.15) is 20.3 Å². The molecule has 1 saturated heterocycles. The van der Waals surface area contributed by atoms with E-state index in [0.29, 0.717) is 42.8 Å². The molecule has 1 fully saturated rings. The number of anilines is 3. The minimum atomic E-state index is -0.371. The second-order valence-corrected chi connectivity index (χ2v) is 8.91. The van der Waals surface area contributed by atoms with Crippen LogP contribution in [0.4, 0.5) is 30.6 Å². The number of benzene rings is 2. The summed E-state index contributed by atoms with van der Waals surface area (Å²) in [4.78, 5) is 19.0. The molecule has 2 amide bonds. The molecule has 2 aromatic carbocycles. The third-order valence-electron chi connectivity index (χ3n) is 5.99. The third kappa shape index (κ3) is 4.98. The quantitative estimate of drug-likeness (QED) is 0.756. The molecule has 2 aliphatic rings. The number of urea groups is 1. The first-order valence-corrected chi connectivity index (χ1v) is 11.0. The van der Waals surface area contributed by atoms with Crippen LogP contribution in [0.25, 0.3) is 0 Å². The number of carbonyl (C=O) groups is 1. The average Bonchev–Trinajstić information content (AvgIpc) is 3.18. The van der Waals surface area contributed by atoms with Crippen LogP contribution in [0.3, 0.4) is 0 Å². The Labute approximate surface area is 182 Å². The Morgan fingerprint density at radius 2 is 1.77 bits per heavy atom. The normalized spacial score (nSPS) is 19.1. The van der Waals surface area contributed by atoms with Crippen molar-refractivity contribution >= 4 is 23.1 Å². The molecule has 5 nitrogen and oxygen atoms in total. The minimum Gasteiger partial charge on any atom is -0.338 e. The lowest BCUT2D eigenvalue weighted by molar-refractivity contribution is 0.243. The highest BCUT2D eigenvalue weighted by Gasteiger charge is 2.29. The molecular weight excluding hydrogens is 398 g/mol. The van der Waals surface area contributed by atoms with E-state index in [4.69, 9.17) is 0 Å². The first kappa shape index (κ1) is 21.6. The molecule has 2 aliphatic heterocycles. The predicted molar refractivity (Wildman–Crippen MR) is 120 cm³/mol. The van der Waals surface area contributed by atoms with Crippen molar-refractivity contribution in [1.29, 1.82) is 0 Å². The maximum atomic E-state index is 14.0. The lowest BCUT2D eigenvalue weighted by atomic mass is 10.1. The summed E-state index contributed by atoms with van der Waals surface area (Å²) in [6.07, 6.45) is 1.09. The molecule has 4 rings (SSSR count). The van der Waals surface area contributed by atoms with Gasteiger partial charge in [0.15, 0.2) is 0 Å². The molecule has 0 spiro atoms. The second kappa shape index (κ2) is 9.22. The number of halogens is 2. The fourth-order valence-electron chi connectivity index (χ4n) is 4.57. The molecule has 1 N–H and O–H groups in total. The van der Waals surface area contributed by atoms with Crippen LogP contribution in [-0.4, -0.2) is 50.2 Å². The van der Waals surface area contributed by atoms with Crippen molar-refractivity contribution in [3.63, 3.8) is 0 Å². The van der Waals surface area contributed by atoms with Gasteiger partial charge in [-0.05, 0) is 67.3 Å². The van der Waals surface area contributed by atoms with E-state index in [-0.39, 0.29) is 17.7 Å². The zero-order valence-corrected chi connectivity index (χ0v) is 18.2. The number of hydrogen-bond donors (Lipinski definition) is 1. The molecule has 0 saturated carbocycles. The Hall–Kier alpha value is -2.67. The topological polar surface area (TPSA) is 38.8 Å². The summed E-state index contributed by atoms with van der Waals surface area (Å²) in [6, 6.07) is 10.4. The molecule has 1 atom stereocenters. The smallest absolute Gasteiger partial charge is 0.322 e. The van der Waals surface area contributed by atoms with Crippen LogP contribution in [0, 0.1) is 23.5 Å². The van der Waals surface area contributed by atoms with Crippen molar-refractivity contribution in [2.24, 2.45) is 11.8 Å². The molecule has 0 bridgehead atoms. The molecule has 0 aromatic heterocycles. The van der Waals surface area contributed by atoms with E-state index in [1.807, 2.05) is 4.90 Å². The number of fused-ring (bicyclic) bond motifs is 1. The average molecular weight is 429 g/mol. The van der Waals surface area contributed by atoms with Gasteiger partial charge in [0.2, 0.25) is 0 Å². The maximum absolute atomic E-state index is 14.0. The predicted octanol–water partition coefficient (Wildman–Crippen LogP) is 4.61. The van der Waals surface area contributed by atoms with E-state index in [0.717, 1.165) is 31.7 Å². The number of carbonyl (C=O) groups excluding carboxylic acids is 1. The SMILES string of the molecule is CC(C)CN1CCC(CNC(=O)N2CCN(c3ccc(F)cc3)c3cc(F)ccc32)C1. The zero-order valence-electron chi connectivity index (χ0n) is 18.2. The molecule has 0 aliphatic carbocycles. The van der Waals surface area contributed by atoms with Gasteiger partial charge in [-0.1, -0.05) is 13.8 Å². The lowest BCUT2D eigenvalue weighted by Crippen LogP contribution is -2.48. The maximum Gasteiger partial charge on any atom is 0.322 e. The van der Waals surface area contributed by atoms with Gasteiger partial charge >= 0.3 is 6.03 Å². The van der Waals surface area contributed by atoms with Crippen LogP contribution in [0.5, 0.6) is 0 Å². The summed E-state index contributed by atoms with van der Waals surface area (Å²) in [7, 11) is 0. The Morgan fingerprint density at radius 3 is 2.52 bits per heavy atom. The summed E-state index contributed by atoms with van der Waals surface area (Å²) in [5, 5.41) is 3.08. The number of amides is 2. The summed E-state index contributed by atoms with van der Waals surface area (Å²) in [6.45, 7) is 9.24. The van der Waals surface area contributed by atoms with Gasteiger partial charge in [0.1, 0.15) is 11.6 Å². The van der Waals surface area contributed by atoms with Gasteiger partial charge < -0.3 is 15.1 Å². The summed E-state index contributed by atoms with van der Waals surface area (Å²) in [5.41, 5.74) is 2.03. The molecule has 31 heavy (non-hydrogen) atoms. The lowest BCUT2D eigenvalue weighted by Gasteiger charge is -2.38. The van der Waals surface area contributed by atoms with Gasteiger partial charge in [-0.25, -0.2) is 13.6 Å². The number of likely N-dealkylation sites (tertiary alicyclic amines) is 1. The first-order chi connectivity index (χ1) is 14.9. The first-order valence-electron chi connectivity index (χ1n) is 11.0. The van der Waals surface area contributed by atoms with Crippen LogP contribution < -0.4 is 15.1 Å². The highest BCUT2D eigenvalue weighted by molar-refractivity contribution is 5.97. The van der Waals surface area contributed by atoms with Crippen LogP contribution in [-0.2, 0) is 0 Å². The fourth-order valence-corrected chi connectivity index (χ4v) is 4.57. The van der Waals surface area contributed by atoms with Crippen molar-refractivity contribution in [3.8, 4) is 0 Å². The minimum absolute atomic E-state index is 0.158. The molecule has 1 unspecified atom stereocenters. The summed E-state index contributed by atoms with van der Waals surface area (Å²) >= 11 is 0. The number of rotatable bonds is 5. The van der Waals surface area contributed by atoms with Gasteiger partial charge in [0, 0.05) is 38.4 Å². The molecule has 2 aromatic rings. The largest absolute Gasteiger partial charge is 0.338 e. The monoisotopic (exact) mass is 428 g/mol. The summed E-state index contributed by atoms with van der Waals surface area (Å²) < 4.78 is 27.4. The highest BCUT2D eigenvalue weighted by atomic mass is 19.1. The van der Waals surface area contributed by atoms with Gasteiger partial charge in [0.05, 0.1) is 11.4 Å². The van der Waals surface area contributed by atoms with Crippen molar-refractivity contribution < 1.29 is 13.6 Å². The van der Waals surface area contributed by atoms with Crippen LogP contribution in [0.15, 0.2) is 42.5 Å². The Balaban J connectivity index is 1.45. The van der Waals surface area contributed by atoms with Crippen molar-refractivity contribution in [2.75, 3.05) is 49.1 Å². The number of nitrogens with zero attached hydrogens (tertiary/aromatic N) is 3. The summed E-state index contributed by atoms with van der Waals surface area (Å²) in [5.74, 6) is 0.406. The fraction of sp³-hybridized carbons (Fsp3) is 0.458. The van der Waals surface area contributed by atoms with Crippen molar-refractivity contribution in [2.45, 2.75) is 20.3 Å². The van der Waals surface area contributed by atoms with Gasteiger partial charge in [-0.15, -0.1) is 0 Å². The molecule has 7 heteroatoms. The van der Waals surface area contributed by atoms with E-state index in [9.17, 15) is 13.6 Å². The molecular formula is C24H30F2N4O. The van der Waals surface area contributed by atoms with E-state index in [1.165, 1.54) is 24.3 Å². The molecule has 2 heterocycles.